The fraction of sp³-hybridized carbons (Fsp3) is 0.700. The van der Waals surface area contributed by atoms with E-state index in [1.54, 1.807) is 7.05 Å². The van der Waals surface area contributed by atoms with E-state index in [1.165, 1.54) is 11.3 Å². The van der Waals surface area contributed by atoms with Gasteiger partial charge in [-0.25, -0.2) is 0 Å². The molecule has 0 aliphatic heterocycles. The Hall–Kier alpha value is -1.21. The Morgan fingerprint density at radius 3 is 2.88 bits per heavy atom. The summed E-state index contributed by atoms with van der Waals surface area (Å²) in [7, 11) is 1.74. The van der Waals surface area contributed by atoms with Crippen LogP contribution in [-0.2, 0) is 4.74 Å². The summed E-state index contributed by atoms with van der Waals surface area (Å²) in [6, 6.07) is 0. The summed E-state index contributed by atoms with van der Waals surface area (Å²) in [6.07, 6.45) is 2.17. The van der Waals surface area contributed by atoms with Crippen LogP contribution in [0.3, 0.4) is 0 Å². The molecular weight excluding hydrogens is 240 g/mol. The van der Waals surface area contributed by atoms with Crippen molar-refractivity contribution in [3.05, 3.63) is 5.01 Å². The maximum Gasteiger partial charge on any atom is 0.282 e. The van der Waals surface area contributed by atoms with Crippen LogP contribution in [0.15, 0.2) is 0 Å². The molecule has 0 aliphatic carbocycles. The molecular formula is C10H18N4O2S. The van der Waals surface area contributed by atoms with Crippen molar-refractivity contribution >= 4 is 22.4 Å². The number of hydrogen-bond acceptors (Lipinski definition) is 6. The molecule has 1 aromatic rings. The number of hydrogen-bond donors (Lipinski definition) is 2. The number of aromatic nitrogens is 2. The Balaban J connectivity index is 2.16. The molecule has 1 aromatic heterocycles. The predicted molar refractivity (Wildman–Crippen MR) is 67.5 cm³/mol. The standard InChI is InChI=1S/C10H18N4O2S/c1-3-4-6-16-7-5-12-8(15)9-13-14-10(11-2)17-9/h3-7H2,1-2H3,(H,11,14)(H,12,15). The zero-order valence-corrected chi connectivity index (χ0v) is 11.0. The van der Waals surface area contributed by atoms with Crippen LogP contribution >= 0.6 is 11.3 Å². The summed E-state index contributed by atoms with van der Waals surface area (Å²) in [6.45, 7) is 3.88. The van der Waals surface area contributed by atoms with Crippen LogP contribution in [-0.4, -0.2) is 42.9 Å². The molecule has 6 nitrogen and oxygen atoms in total. The molecule has 0 bridgehead atoms. The van der Waals surface area contributed by atoms with Crippen LogP contribution < -0.4 is 10.6 Å². The number of anilines is 1. The van der Waals surface area contributed by atoms with E-state index in [9.17, 15) is 4.79 Å². The second kappa shape index (κ2) is 7.97. The molecule has 7 heteroatoms. The largest absolute Gasteiger partial charge is 0.380 e. The molecule has 1 rings (SSSR count). The summed E-state index contributed by atoms with van der Waals surface area (Å²) in [5, 5.41) is 14.1. The molecule has 96 valence electrons. The molecule has 0 spiro atoms. The van der Waals surface area contributed by atoms with E-state index in [2.05, 4.69) is 27.8 Å². The number of rotatable bonds is 8. The lowest BCUT2D eigenvalue weighted by Gasteiger charge is -2.03. The summed E-state index contributed by atoms with van der Waals surface area (Å²) in [4.78, 5) is 11.6. The van der Waals surface area contributed by atoms with E-state index < -0.39 is 0 Å². The number of carbonyl (C=O) groups excluding carboxylic acids is 1. The van der Waals surface area contributed by atoms with Crippen molar-refractivity contribution in [2.75, 3.05) is 32.1 Å². The number of carbonyl (C=O) groups is 1. The van der Waals surface area contributed by atoms with E-state index in [0.717, 1.165) is 19.4 Å². The first-order valence-electron chi connectivity index (χ1n) is 5.65. The lowest BCUT2D eigenvalue weighted by molar-refractivity contribution is 0.0912. The number of unbranched alkanes of at least 4 members (excludes halogenated alkanes) is 1. The van der Waals surface area contributed by atoms with Crippen molar-refractivity contribution in [1.29, 1.82) is 0 Å². The fourth-order valence-corrected chi connectivity index (χ4v) is 1.69. The van der Waals surface area contributed by atoms with E-state index in [1.807, 2.05) is 0 Å². The molecule has 1 amide bonds. The lowest BCUT2D eigenvalue weighted by atomic mass is 10.4. The number of ether oxygens (including phenoxy) is 1. The smallest absolute Gasteiger partial charge is 0.282 e. The van der Waals surface area contributed by atoms with E-state index >= 15 is 0 Å². The fourth-order valence-electron chi connectivity index (χ4n) is 1.08. The summed E-state index contributed by atoms with van der Waals surface area (Å²) in [5.74, 6) is -0.205. The molecule has 0 atom stereocenters. The zero-order valence-electron chi connectivity index (χ0n) is 10.2. The predicted octanol–water partition coefficient (Wildman–Crippen LogP) is 1.13. The van der Waals surface area contributed by atoms with E-state index in [4.69, 9.17) is 4.74 Å². The van der Waals surface area contributed by atoms with Gasteiger partial charge in [0.1, 0.15) is 0 Å². The molecule has 0 saturated heterocycles. The summed E-state index contributed by atoms with van der Waals surface area (Å²) < 4.78 is 5.33. The monoisotopic (exact) mass is 258 g/mol. The first-order chi connectivity index (χ1) is 8.27. The van der Waals surface area contributed by atoms with Crippen molar-refractivity contribution in [1.82, 2.24) is 15.5 Å². The Bertz CT molecular complexity index is 343. The third-order valence-corrected chi connectivity index (χ3v) is 2.95. The Labute approximate surface area is 105 Å². The van der Waals surface area contributed by atoms with Crippen molar-refractivity contribution in [3.63, 3.8) is 0 Å². The molecule has 2 N–H and O–H groups in total. The minimum absolute atomic E-state index is 0.205. The molecule has 17 heavy (non-hydrogen) atoms. The second-order valence-corrected chi connectivity index (χ2v) is 4.36. The molecule has 0 unspecified atom stereocenters. The first-order valence-corrected chi connectivity index (χ1v) is 6.46. The van der Waals surface area contributed by atoms with Crippen LogP contribution in [0.4, 0.5) is 5.13 Å². The van der Waals surface area contributed by atoms with Gasteiger partial charge in [-0.3, -0.25) is 4.79 Å². The van der Waals surface area contributed by atoms with Gasteiger partial charge < -0.3 is 15.4 Å². The van der Waals surface area contributed by atoms with Gasteiger partial charge in [0.25, 0.3) is 5.91 Å². The van der Waals surface area contributed by atoms with Crippen LogP contribution in [0.1, 0.15) is 29.6 Å². The van der Waals surface area contributed by atoms with Gasteiger partial charge in [0.05, 0.1) is 6.61 Å². The highest BCUT2D eigenvalue weighted by molar-refractivity contribution is 7.17. The van der Waals surface area contributed by atoms with Crippen LogP contribution in [0.5, 0.6) is 0 Å². The number of nitrogens with one attached hydrogen (secondary N) is 2. The van der Waals surface area contributed by atoms with Gasteiger partial charge in [-0.15, -0.1) is 10.2 Å². The minimum Gasteiger partial charge on any atom is -0.380 e. The second-order valence-electron chi connectivity index (χ2n) is 3.38. The Morgan fingerprint density at radius 1 is 1.41 bits per heavy atom. The third-order valence-electron chi connectivity index (χ3n) is 2.01. The molecule has 0 fully saturated rings. The SMILES string of the molecule is CCCCOCCNC(=O)c1nnc(NC)s1. The van der Waals surface area contributed by atoms with Crippen LogP contribution in [0.2, 0.25) is 0 Å². The van der Waals surface area contributed by atoms with Gasteiger partial charge in [0, 0.05) is 20.2 Å². The molecule has 1 heterocycles. The van der Waals surface area contributed by atoms with Crippen molar-refractivity contribution < 1.29 is 9.53 Å². The van der Waals surface area contributed by atoms with Crippen molar-refractivity contribution in [3.8, 4) is 0 Å². The van der Waals surface area contributed by atoms with Gasteiger partial charge in [0.15, 0.2) is 0 Å². The van der Waals surface area contributed by atoms with Gasteiger partial charge in [-0.2, -0.15) is 0 Å². The van der Waals surface area contributed by atoms with Gasteiger partial charge in [0.2, 0.25) is 10.1 Å². The van der Waals surface area contributed by atoms with E-state index in [0.29, 0.717) is 23.3 Å². The minimum atomic E-state index is -0.205. The highest BCUT2D eigenvalue weighted by atomic mass is 32.1. The van der Waals surface area contributed by atoms with Gasteiger partial charge >= 0.3 is 0 Å². The number of nitrogens with zero attached hydrogens (tertiary/aromatic N) is 2. The average Bonchev–Trinajstić information content (AvgIpc) is 2.82. The van der Waals surface area contributed by atoms with Gasteiger partial charge in [-0.1, -0.05) is 24.7 Å². The van der Waals surface area contributed by atoms with E-state index in [-0.39, 0.29) is 5.91 Å². The zero-order chi connectivity index (χ0) is 12.5. The first kappa shape index (κ1) is 13.9. The molecule has 0 saturated carbocycles. The summed E-state index contributed by atoms with van der Waals surface area (Å²) >= 11 is 1.23. The number of amides is 1. The quantitative estimate of drug-likeness (QED) is 0.683. The van der Waals surface area contributed by atoms with Crippen LogP contribution in [0, 0.1) is 0 Å². The summed E-state index contributed by atoms with van der Waals surface area (Å²) in [5.41, 5.74) is 0. The molecule has 0 aliphatic rings. The highest BCUT2D eigenvalue weighted by Gasteiger charge is 2.11. The Morgan fingerprint density at radius 2 is 2.24 bits per heavy atom. The third kappa shape index (κ3) is 5.10. The van der Waals surface area contributed by atoms with Gasteiger partial charge in [-0.05, 0) is 6.42 Å². The van der Waals surface area contributed by atoms with Crippen molar-refractivity contribution in [2.45, 2.75) is 19.8 Å². The Kier molecular flexibility index (Phi) is 6.49. The molecule has 0 aromatic carbocycles. The van der Waals surface area contributed by atoms with Crippen LogP contribution in [0.25, 0.3) is 0 Å². The lowest BCUT2D eigenvalue weighted by Crippen LogP contribution is -2.27. The topological polar surface area (TPSA) is 76.1 Å². The maximum absolute atomic E-state index is 11.6. The maximum atomic E-state index is 11.6. The highest BCUT2D eigenvalue weighted by Crippen LogP contribution is 2.13. The average molecular weight is 258 g/mol. The van der Waals surface area contributed by atoms with Crippen molar-refractivity contribution in [2.24, 2.45) is 0 Å². The molecule has 0 radical (unpaired) electrons. The normalized spacial score (nSPS) is 10.2.